The highest BCUT2D eigenvalue weighted by molar-refractivity contribution is 7.80. The number of aliphatic carboxylic acids is 1. The molecule has 0 fully saturated rings. The number of amides is 1. The van der Waals surface area contributed by atoms with Crippen molar-refractivity contribution in [3.8, 4) is 0 Å². The molecular formula is C21H21ClN2O3S. The van der Waals surface area contributed by atoms with Crippen molar-refractivity contribution in [2.24, 2.45) is 0 Å². The number of rotatable bonds is 4. The SMILES string of the molecule is CC(C)(C)c1ccc(C(=O)NC(=S)Nc2cc(/C=C/C(=O)O)ccc2Cl)cc1. The van der Waals surface area contributed by atoms with E-state index < -0.39 is 5.97 Å². The minimum Gasteiger partial charge on any atom is -0.478 e. The molecule has 2 aromatic rings. The molecule has 3 N–H and O–H groups in total. The van der Waals surface area contributed by atoms with Crippen LogP contribution in [0, 0.1) is 0 Å². The van der Waals surface area contributed by atoms with Gasteiger partial charge in [-0.3, -0.25) is 10.1 Å². The van der Waals surface area contributed by atoms with E-state index in [9.17, 15) is 9.59 Å². The lowest BCUT2D eigenvalue weighted by molar-refractivity contribution is -0.131. The number of carbonyl (C=O) groups is 2. The molecule has 0 aliphatic rings. The van der Waals surface area contributed by atoms with Gasteiger partial charge in [0.1, 0.15) is 0 Å². The Morgan fingerprint density at radius 2 is 1.75 bits per heavy atom. The number of thiocarbonyl (C=S) groups is 1. The van der Waals surface area contributed by atoms with Crippen molar-refractivity contribution in [2.45, 2.75) is 26.2 Å². The van der Waals surface area contributed by atoms with Gasteiger partial charge in [-0.05, 0) is 59.1 Å². The lowest BCUT2D eigenvalue weighted by Crippen LogP contribution is -2.34. The molecule has 0 heterocycles. The van der Waals surface area contributed by atoms with E-state index in [-0.39, 0.29) is 16.4 Å². The van der Waals surface area contributed by atoms with Gasteiger partial charge in [-0.25, -0.2) is 4.79 Å². The van der Waals surface area contributed by atoms with Crippen LogP contribution in [0.15, 0.2) is 48.5 Å². The summed E-state index contributed by atoms with van der Waals surface area (Å²) >= 11 is 11.3. The van der Waals surface area contributed by atoms with Crippen LogP contribution in [0.1, 0.15) is 42.3 Å². The second-order valence-corrected chi connectivity index (χ2v) is 7.96. The van der Waals surface area contributed by atoms with Gasteiger partial charge in [0, 0.05) is 11.6 Å². The predicted octanol–water partition coefficient (Wildman–Crippen LogP) is 4.86. The quantitative estimate of drug-likeness (QED) is 0.490. The molecule has 0 radical (unpaired) electrons. The van der Waals surface area contributed by atoms with Crippen molar-refractivity contribution in [3.63, 3.8) is 0 Å². The number of benzene rings is 2. The van der Waals surface area contributed by atoms with Crippen LogP contribution < -0.4 is 10.6 Å². The minimum absolute atomic E-state index is 0.00269. The molecule has 5 nitrogen and oxygen atoms in total. The number of hydrogen-bond acceptors (Lipinski definition) is 3. The Morgan fingerprint density at radius 1 is 1.11 bits per heavy atom. The number of anilines is 1. The summed E-state index contributed by atoms with van der Waals surface area (Å²) in [7, 11) is 0. The highest BCUT2D eigenvalue weighted by Crippen LogP contribution is 2.24. The molecule has 28 heavy (non-hydrogen) atoms. The fraction of sp³-hybridized carbons (Fsp3) is 0.190. The first-order valence-electron chi connectivity index (χ1n) is 8.50. The Morgan fingerprint density at radius 3 is 2.32 bits per heavy atom. The van der Waals surface area contributed by atoms with Gasteiger partial charge in [0.2, 0.25) is 0 Å². The zero-order valence-electron chi connectivity index (χ0n) is 15.7. The van der Waals surface area contributed by atoms with Gasteiger partial charge in [-0.2, -0.15) is 0 Å². The molecule has 0 aromatic heterocycles. The van der Waals surface area contributed by atoms with Crippen LogP contribution in [0.25, 0.3) is 6.08 Å². The maximum absolute atomic E-state index is 12.4. The third kappa shape index (κ3) is 6.18. The first-order chi connectivity index (χ1) is 13.1. The molecule has 0 saturated heterocycles. The van der Waals surface area contributed by atoms with Crippen molar-refractivity contribution in [2.75, 3.05) is 5.32 Å². The van der Waals surface area contributed by atoms with Crippen LogP contribution >= 0.6 is 23.8 Å². The van der Waals surface area contributed by atoms with Crippen LogP contribution in [0.2, 0.25) is 5.02 Å². The monoisotopic (exact) mass is 416 g/mol. The molecule has 146 valence electrons. The highest BCUT2D eigenvalue weighted by atomic mass is 35.5. The number of nitrogens with one attached hydrogen (secondary N) is 2. The van der Waals surface area contributed by atoms with E-state index in [0.29, 0.717) is 21.8 Å². The molecule has 0 spiro atoms. The molecule has 2 rings (SSSR count). The Bertz CT molecular complexity index is 932. The topological polar surface area (TPSA) is 78.4 Å². The lowest BCUT2D eigenvalue weighted by Gasteiger charge is -2.19. The van der Waals surface area contributed by atoms with E-state index in [1.807, 2.05) is 12.1 Å². The maximum Gasteiger partial charge on any atom is 0.328 e. The van der Waals surface area contributed by atoms with E-state index in [1.165, 1.54) is 6.08 Å². The number of hydrogen-bond donors (Lipinski definition) is 3. The standard InChI is InChI=1S/C21H21ClN2O3S/c1-21(2,3)15-8-6-14(7-9-15)19(27)24-20(28)23-17-12-13(4-10-16(17)22)5-11-18(25)26/h4-12H,1-3H3,(H,25,26)(H2,23,24,27,28)/b11-5+. The average molecular weight is 417 g/mol. The summed E-state index contributed by atoms with van der Waals surface area (Å²) in [6.07, 6.45) is 2.45. The Labute approximate surface area is 174 Å². The minimum atomic E-state index is -1.05. The van der Waals surface area contributed by atoms with Gasteiger partial charge >= 0.3 is 5.97 Å². The van der Waals surface area contributed by atoms with Gasteiger partial charge in [0.15, 0.2) is 5.11 Å². The van der Waals surface area contributed by atoms with Crippen LogP contribution in [0.3, 0.4) is 0 Å². The zero-order chi connectivity index (χ0) is 20.9. The third-order valence-electron chi connectivity index (χ3n) is 3.90. The molecule has 2 aromatic carbocycles. The molecule has 0 atom stereocenters. The van der Waals surface area contributed by atoms with Gasteiger partial charge in [0.05, 0.1) is 10.7 Å². The van der Waals surface area contributed by atoms with Crippen LogP contribution in [0.5, 0.6) is 0 Å². The van der Waals surface area contributed by atoms with E-state index in [1.54, 1.807) is 30.3 Å². The van der Waals surface area contributed by atoms with Crippen molar-refractivity contribution in [1.29, 1.82) is 0 Å². The fourth-order valence-electron chi connectivity index (χ4n) is 2.36. The Balaban J connectivity index is 2.06. The number of halogens is 1. The van der Waals surface area contributed by atoms with E-state index >= 15 is 0 Å². The van der Waals surface area contributed by atoms with Gasteiger partial charge in [0.25, 0.3) is 5.91 Å². The van der Waals surface area contributed by atoms with E-state index in [4.69, 9.17) is 28.9 Å². The van der Waals surface area contributed by atoms with E-state index in [0.717, 1.165) is 11.6 Å². The first kappa shape index (κ1) is 21.6. The number of carbonyl (C=O) groups excluding carboxylic acids is 1. The second-order valence-electron chi connectivity index (χ2n) is 7.15. The summed E-state index contributed by atoms with van der Waals surface area (Å²) < 4.78 is 0. The predicted molar refractivity (Wildman–Crippen MR) is 117 cm³/mol. The van der Waals surface area contributed by atoms with Gasteiger partial charge < -0.3 is 10.4 Å². The molecule has 0 unspecified atom stereocenters. The largest absolute Gasteiger partial charge is 0.478 e. The van der Waals surface area contributed by atoms with Crippen LogP contribution in [-0.2, 0) is 10.2 Å². The van der Waals surface area contributed by atoms with Crippen LogP contribution in [-0.4, -0.2) is 22.1 Å². The summed E-state index contributed by atoms with van der Waals surface area (Å²) in [5.74, 6) is -1.39. The molecule has 0 saturated carbocycles. The zero-order valence-corrected chi connectivity index (χ0v) is 17.3. The highest BCUT2D eigenvalue weighted by Gasteiger charge is 2.15. The summed E-state index contributed by atoms with van der Waals surface area (Å²) in [4.78, 5) is 23.0. The summed E-state index contributed by atoms with van der Waals surface area (Å²) in [5.41, 5.74) is 2.70. The van der Waals surface area contributed by atoms with Gasteiger partial charge in [-0.15, -0.1) is 0 Å². The molecule has 0 aliphatic carbocycles. The fourth-order valence-corrected chi connectivity index (χ4v) is 2.73. The first-order valence-corrected chi connectivity index (χ1v) is 9.28. The Kier molecular flexibility index (Phi) is 6.94. The molecule has 0 bridgehead atoms. The summed E-state index contributed by atoms with van der Waals surface area (Å²) in [6, 6.07) is 12.3. The summed E-state index contributed by atoms with van der Waals surface area (Å²) in [6.45, 7) is 6.31. The van der Waals surface area contributed by atoms with Crippen molar-refractivity contribution >= 4 is 52.6 Å². The lowest BCUT2D eigenvalue weighted by atomic mass is 9.87. The molecule has 0 aliphatic heterocycles. The van der Waals surface area contributed by atoms with Crippen LogP contribution in [0.4, 0.5) is 5.69 Å². The second kappa shape index (κ2) is 8.99. The van der Waals surface area contributed by atoms with Crippen molar-refractivity contribution in [3.05, 3.63) is 70.3 Å². The smallest absolute Gasteiger partial charge is 0.328 e. The average Bonchev–Trinajstić information content (AvgIpc) is 2.61. The normalized spacial score (nSPS) is 11.3. The Hall–Kier alpha value is -2.70. The third-order valence-corrected chi connectivity index (χ3v) is 4.43. The number of carboxylic acids is 1. The van der Waals surface area contributed by atoms with E-state index in [2.05, 4.69) is 31.4 Å². The molecule has 7 heteroatoms. The summed E-state index contributed by atoms with van der Waals surface area (Å²) in [5, 5.41) is 14.7. The maximum atomic E-state index is 12.4. The van der Waals surface area contributed by atoms with Crippen molar-refractivity contribution in [1.82, 2.24) is 5.32 Å². The van der Waals surface area contributed by atoms with Gasteiger partial charge in [-0.1, -0.05) is 50.6 Å². The molecular weight excluding hydrogens is 396 g/mol. The molecule has 1 amide bonds. The van der Waals surface area contributed by atoms with Crippen molar-refractivity contribution < 1.29 is 14.7 Å². The number of carboxylic acid groups (broad SMARTS) is 1.